The first-order valence-electron chi connectivity index (χ1n) is 8.09. The van der Waals surface area contributed by atoms with E-state index in [9.17, 15) is 4.79 Å². The molecule has 0 unspecified atom stereocenters. The van der Waals surface area contributed by atoms with Crippen LogP contribution in [0, 0.1) is 5.92 Å². The summed E-state index contributed by atoms with van der Waals surface area (Å²) < 4.78 is 0. The second-order valence-corrected chi connectivity index (χ2v) is 6.80. The average Bonchev–Trinajstić information content (AvgIpc) is 2.98. The Morgan fingerprint density at radius 1 is 1.23 bits per heavy atom. The minimum Gasteiger partial charge on any atom is -0.293 e. The normalized spacial score (nSPS) is 32.8. The van der Waals surface area contributed by atoms with Crippen molar-refractivity contribution in [2.75, 3.05) is 13.1 Å². The van der Waals surface area contributed by atoms with Crippen LogP contribution < -0.4 is 0 Å². The highest BCUT2D eigenvalue weighted by Gasteiger charge is 2.50. The number of hydrogen-bond donors (Lipinski definition) is 0. The summed E-state index contributed by atoms with van der Waals surface area (Å²) in [4.78, 5) is 14.9. The summed E-state index contributed by atoms with van der Waals surface area (Å²) in [6.07, 6.45) is 2.84. The molecule has 1 aromatic carbocycles. The Kier molecular flexibility index (Phi) is 3.46. The van der Waals surface area contributed by atoms with Crippen LogP contribution in [-0.2, 0) is 4.79 Å². The largest absolute Gasteiger partial charge is 0.293 e. The number of nitrogens with zero attached hydrogens (tertiary/aromatic N) is 3. The zero-order chi connectivity index (χ0) is 15.3. The third kappa shape index (κ3) is 2.09. The first kappa shape index (κ1) is 14.2. The van der Waals surface area contributed by atoms with E-state index in [-0.39, 0.29) is 18.0 Å². The van der Waals surface area contributed by atoms with Crippen LogP contribution in [0.4, 0.5) is 0 Å². The Morgan fingerprint density at radius 2 is 1.91 bits per heavy atom. The first-order chi connectivity index (χ1) is 10.7. The van der Waals surface area contributed by atoms with Gasteiger partial charge < -0.3 is 0 Å². The van der Waals surface area contributed by atoms with E-state index in [1.54, 1.807) is 5.01 Å². The smallest absolute Gasteiger partial charge is 0.243 e. The summed E-state index contributed by atoms with van der Waals surface area (Å²) >= 11 is 6.03. The van der Waals surface area contributed by atoms with E-state index in [4.69, 9.17) is 16.7 Å². The van der Waals surface area contributed by atoms with Crippen molar-refractivity contribution in [2.45, 2.75) is 38.3 Å². The van der Waals surface area contributed by atoms with Gasteiger partial charge in [0.15, 0.2) is 0 Å². The number of carbonyl (C=O) groups excluding carboxylic acids is 1. The monoisotopic (exact) mass is 317 g/mol. The number of rotatable bonds is 2. The molecule has 0 saturated carbocycles. The molecule has 4 aliphatic heterocycles. The van der Waals surface area contributed by atoms with Crippen LogP contribution in [0.2, 0.25) is 5.02 Å². The van der Waals surface area contributed by atoms with E-state index in [1.165, 1.54) is 18.6 Å². The number of halogens is 1. The maximum atomic E-state index is 12.4. The van der Waals surface area contributed by atoms with Crippen LogP contribution in [-0.4, -0.2) is 40.7 Å². The lowest BCUT2D eigenvalue weighted by Crippen LogP contribution is -2.56. The molecule has 22 heavy (non-hydrogen) atoms. The molecule has 2 atom stereocenters. The van der Waals surface area contributed by atoms with E-state index in [0.29, 0.717) is 12.3 Å². The lowest BCUT2D eigenvalue weighted by atomic mass is 9.78. The molecule has 5 rings (SSSR count). The molecular formula is C17H20ClN3O. The standard InChI is InChI=1S/C17H20ClN3O/c1-2-14(22)21-16(12-3-5-13(18)6-4-12)17-15(19-21)11-7-9-20(17)10-8-11/h3-6,11,16-17H,2,7-10H2,1H3/t16-,17-/m0/s1. The Hall–Kier alpha value is -1.39. The Balaban J connectivity index is 1.76. The molecule has 2 bridgehead atoms. The van der Waals surface area contributed by atoms with Gasteiger partial charge in [0, 0.05) is 17.4 Å². The second-order valence-electron chi connectivity index (χ2n) is 6.37. The molecular weight excluding hydrogens is 298 g/mol. The number of hydrazone groups is 1. The fourth-order valence-corrected chi connectivity index (χ4v) is 4.21. The van der Waals surface area contributed by atoms with E-state index in [2.05, 4.69) is 4.90 Å². The highest BCUT2D eigenvalue weighted by molar-refractivity contribution is 6.30. The van der Waals surface area contributed by atoms with Gasteiger partial charge in [-0.05, 0) is 43.6 Å². The second kappa shape index (κ2) is 5.36. The number of fused-ring (bicyclic) bond motifs is 2. The maximum absolute atomic E-state index is 12.4. The zero-order valence-corrected chi connectivity index (χ0v) is 13.5. The molecule has 4 nitrogen and oxygen atoms in total. The fraction of sp³-hybridized carbons (Fsp3) is 0.529. The fourth-order valence-electron chi connectivity index (χ4n) is 4.08. The van der Waals surface area contributed by atoms with Crippen molar-refractivity contribution in [1.29, 1.82) is 0 Å². The van der Waals surface area contributed by atoms with Gasteiger partial charge in [-0.3, -0.25) is 9.69 Å². The van der Waals surface area contributed by atoms with Gasteiger partial charge >= 0.3 is 0 Å². The van der Waals surface area contributed by atoms with Crippen molar-refractivity contribution in [2.24, 2.45) is 11.0 Å². The number of carbonyl (C=O) groups is 1. The summed E-state index contributed by atoms with van der Waals surface area (Å²) in [6.45, 7) is 4.14. The summed E-state index contributed by atoms with van der Waals surface area (Å²) in [7, 11) is 0. The zero-order valence-electron chi connectivity index (χ0n) is 12.7. The van der Waals surface area contributed by atoms with Crippen molar-refractivity contribution in [3.63, 3.8) is 0 Å². The predicted octanol–water partition coefficient (Wildman–Crippen LogP) is 3.08. The Morgan fingerprint density at radius 3 is 2.55 bits per heavy atom. The van der Waals surface area contributed by atoms with Gasteiger partial charge in [0.25, 0.3) is 0 Å². The van der Waals surface area contributed by atoms with E-state index in [0.717, 1.165) is 23.7 Å². The molecule has 3 saturated heterocycles. The first-order valence-corrected chi connectivity index (χ1v) is 8.47. The molecule has 1 aromatic rings. The van der Waals surface area contributed by atoms with Gasteiger partial charge in [-0.25, -0.2) is 5.01 Å². The van der Waals surface area contributed by atoms with Crippen molar-refractivity contribution in [3.8, 4) is 0 Å². The molecule has 0 N–H and O–H groups in total. The van der Waals surface area contributed by atoms with Crippen LogP contribution in [0.1, 0.15) is 37.8 Å². The molecule has 3 fully saturated rings. The van der Waals surface area contributed by atoms with Crippen LogP contribution in [0.5, 0.6) is 0 Å². The van der Waals surface area contributed by atoms with Gasteiger partial charge in [-0.1, -0.05) is 30.7 Å². The molecule has 116 valence electrons. The predicted molar refractivity (Wildman–Crippen MR) is 86.9 cm³/mol. The van der Waals surface area contributed by atoms with Gasteiger partial charge in [-0.15, -0.1) is 0 Å². The van der Waals surface area contributed by atoms with Gasteiger partial charge in [0.1, 0.15) is 6.04 Å². The summed E-state index contributed by atoms with van der Waals surface area (Å²) in [5.74, 6) is 0.655. The minimum absolute atomic E-state index is 0.00261. The van der Waals surface area contributed by atoms with Crippen LogP contribution in [0.25, 0.3) is 0 Å². The van der Waals surface area contributed by atoms with Gasteiger partial charge in [0.2, 0.25) is 5.91 Å². The third-order valence-corrected chi connectivity index (χ3v) is 5.45. The summed E-state index contributed by atoms with van der Waals surface area (Å²) in [5.41, 5.74) is 2.35. The van der Waals surface area contributed by atoms with E-state index in [1.807, 2.05) is 31.2 Å². The maximum Gasteiger partial charge on any atom is 0.243 e. The highest BCUT2D eigenvalue weighted by atomic mass is 35.5. The minimum atomic E-state index is 0.00261. The third-order valence-electron chi connectivity index (χ3n) is 5.20. The average molecular weight is 318 g/mol. The Labute approximate surface area is 135 Å². The summed E-state index contributed by atoms with van der Waals surface area (Å²) in [5, 5.41) is 7.23. The number of hydrogen-bond acceptors (Lipinski definition) is 3. The van der Waals surface area contributed by atoms with E-state index < -0.39 is 0 Å². The quantitative estimate of drug-likeness (QED) is 0.840. The molecule has 0 aromatic heterocycles. The van der Waals surface area contributed by atoms with Crippen molar-refractivity contribution in [3.05, 3.63) is 34.9 Å². The molecule has 4 aliphatic rings. The lowest BCUT2D eigenvalue weighted by molar-refractivity contribution is -0.133. The molecule has 0 spiro atoms. The van der Waals surface area contributed by atoms with E-state index >= 15 is 0 Å². The van der Waals surface area contributed by atoms with Crippen molar-refractivity contribution < 1.29 is 4.79 Å². The van der Waals surface area contributed by atoms with Crippen molar-refractivity contribution >= 4 is 23.2 Å². The van der Waals surface area contributed by atoms with Crippen LogP contribution >= 0.6 is 11.6 Å². The molecule has 0 aliphatic carbocycles. The van der Waals surface area contributed by atoms with Crippen LogP contribution in [0.3, 0.4) is 0 Å². The SMILES string of the molecule is CCC(=O)N1N=C2C3CCN(CC3)[C@@H]2[C@@H]1c1ccc(Cl)cc1. The topological polar surface area (TPSA) is 35.9 Å². The molecule has 1 amide bonds. The number of amides is 1. The highest BCUT2D eigenvalue weighted by Crippen LogP contribution is 2.43. The van der Waals surface area contributed by atoms with Crippen LogP contribution in [0.15, 0.2) is 29.4 Å². The number of benzene rings is 1. The van der Waals surface area contributed by atoms with Crippen molar-refractivity contribution in [1.82, 2.24) is 9.91 Å². The van der Waals surface area contributed by atoms with Gasteiger partial charge in [0.05, 0.1) is 11.8 Å². The molecule has 0 radical (unpaired) electrons. The lowest BCUT2D eigenvalue weighted by Gasteiger charge is -2.46. The Bertz CT molecular complexity index is 619. The summed E-state index contributed by atoms with van der Waals surface area (Å²) in [6, 6.07) is 8.13. The number of piperidine rings is 3. The molecule has 5 heteroatoms. The van der Waals surface area contributed by atoms with Gasteiger partial charge in [-0.2, -0.15) is 5.10 Å². The molecule has 4 heterocycles.